The summed E-state index contributed by atoms with van der Waals surface area (Å²) in [6.07, 6.45) is 1.07. The molecule has 0 heterocycles. The molecule has 0 unspecified atom stereocenters. The fourth-order valence-electron chi connectivity index (χ4n) is 2.90. The molecular formula is C20H26N2O5S. The summed E-state index contributed by atoms with van der Waals surface area (Å²) in [6.45, 7) is 1.80. The molecule has 8 heteroatoms. The van der Waals surface area contributed by atoms with Gasteiger partial charge < -0.3 is 14.8 Å². The van der Waals surface area contributed by atoms with Crippen LogP contribution in [0.3, 0.4) is 0 Å². The highest BCUT2D eigenvalue weighted by Crippen LogP contribution is 2.30. The summed E-state index contributed by atoms with van der Waals surface area (Å²) in [7, 11) is 0.903. The van der Waals surface area contributed by atoms with E-state index in [-0.39, 0.29) is 0 Å². The second-order valence-corrected chi connectivity index (χ2v) is 8.47. The van der Waals surface area contributed by atoms with E-state index < -0.39 is 28.0 Å². The monoisotopic (exact) mass is 406 g/mol. The highest BCUT2D eigenvalue weighted by Gasteiger charge is 2.31. The number of likely N-dealkylation sites (N-methyl/N-ethyl adjacent to an activating group) is 1. The molecule has 2 aromatic rings. The first-order valence-electron chi connectivity index (χ1n) is 8.69. The van der Waals surface area contributed by atoms with Gasteiger partial charge in [-0.25, -0.2) is 8.42 Å². The van der Waals surface area contributed by atoms with Crippen LogP contribution in [0, 0.1) is 0 Å². The lowest BCUT2D eigenvalue weighted by Crippen LogP contribution is -2.42. The van der Waals surface area contributed by atoms with Crippen molar-refractivity contribution < 1.29 is 22.7 Å². The summed E-state index contributed by atoms with van der Waals surface area (Å²) in [4.78, 5) is 13.1. The third kappa shape index (κ3) is 5.02. The van der Waals surface area contributed by atoms with E-state index in [4.69, 9.17) is 9.47 Å². The summed E-state index contributed by atoms with van der Waals surface area (Å²) in [6, 6.07) is 12.7. The molecule has 1 N–H and O–H groups in total. The molecule has 0 aliphatic rings. The summed E-state index contributed by atoms with van der Waals surface area (Å²) < 4.78 is 35.9. The fourth-order valence-corrected chi connectivity index (χ4v) is 3.50. The third-order valence-electron chi connectivity index (χ3n) is 4.51. The van der Waals surface area contributed by atoms with Gasteiger partial charge in [0.05, 0.1) is 26.5 Å². The van der Waals surface area contributed by atoms with Crippen molar-refractivity contribution in [2.24, 2.45) is 0 Å². The highest BCUT2D eigenvalue weighted by atomic mass is 32.2. The number of nitrogens with one attached hydrogen (secondary N) is 1. The van der Waals surface area contributed by atoms with Crippen molar-refractivity contribution >= 4 is 15.9 Å². The van der Waals surface area contributed by atoms with E-state index in [0.717, 1.165) is 16.1 Å². The number of amides is 1. The number of rotatable bonds is 8. The van der Waals surface area contributed by atoms with Crippen LogP contribution in [0.15, 0.2) is 48.5 Å². The van der Waals surface area contributed by atoms with E-state index in [1.165, 1.54) is 7.05 Å². The smallest absolute Gasteiger partial charge is 0.243 e. The second-order valence-electron chi connectivity index (χ2n) is 6.43. The van der Waals surface area contributed by atoms with Crippen molar-refractivity contribution in [1.29, 1.82) is 0 Å². The SMILES string of the molecule is COc1ccc(OC)c([C@@H](C)NC(=O)[C@H](c2ccccc2)N(C)S(C)(=O)=O)c1. The van der Waals surface area contributed by atoms with Gasteiger partial charge in [-0.3, -0.25) is 4.79 Å². The van der Waals surface area contributed by atoms with Crippen molar-refractivity contribution in [3.63, 3.8) is 0 Å². The quantitative estimate of drug-likeness (QED) is 0.728. The van der Waals surface area contributed by atoms with E-state index in [0.29, 0.717) is 17.1 Å². The van der Waals surface area contributed by atoms with Crippen LogP contribution >= 0.6 is 0 Å². The van der Waals surface area contributed by atoms with Crippen LogP contribution in [-0.2, 0) is 14.8 Å². The Labute approximate surface area is 166 Å². The number of hydrogen-bond donors (Lipinski definition) is 1. The van der Waals surface area contributed by atoms with E-state index >= 15 is 0 Å². The van der Waals surface area contributed by atoms with Crippen LogP contribution in [0.2, 0.25) is 0 Å². The van der Waals surface area contributed by atoms with Crippen molar-refractivity contribution in [2.75, 3.05) is 27.5 Å². The Kier molecular flexibility index (Phi) is 7.04. The summed E-state index contributed by atoms with van der Waals surface area (Å²) >= 11 is 0. The Morgan fingerprint density at radius 2 is 1.71 bits per heavy atom. The molecule has 2 aromatic carbocycles. The molecule has 0 saturated carbocycles. The van der Waals surface area contributed by atoms with Crippen molar-refractivity contribution in [1.82, 2.24) is 9.62 Å². The number of carbonyl (C=O) groups is 1. The van der Waals surface area contributed by atoms with Gasteiger partial charge in [0.2, 0.25) is 15.9 Å². The zero-order chi connectivity index (χ0) is 20.9. The number of benzene rings is 2. The molecule has 0 aliphatic carbocycles. The van der Waals surface area contributed by atoms with E-state index in [1.807, 2.05) is 6.07 Å². The minimum absolute atomic E-state index is 0.434. The molecule has 2 rings (SSSR count). The number of ether oxygens (including phenoxy) is 2. The van der Waals surface area contributed by atoms with E-state index in [1.54, 1.807) is 63.6 Å². The van der Waals surface area contributed by atoms with Crippen molar-refractivity contribution in [3.05, 3.63) is 59.7 Å². The topological polar surface area (TPSA) is 84.9 Å². The van der Waals surface area contributed by atoms with Crippen LogP contribution in [0.5, 0.6) is 11.5 Å². The standard InChI is InChI=1S/C20H26N2O5S/c1-14(17-13-16(26-3)11-12-18(17)27-4)21-20(23)19(22(2)28(5,24)25)15-9-7-6-8-10-15/h6-14,19H,1-5H3,(H,21,23)/t14-,19+/m1/s1. The van der Waals surface area contributed by atoms with Crippen molar-refractivity contribution in [3.8, 4) is 11.5 Å². The Balaban J connectivity index is 2.36. The minimum atomic E-state index is -3.59. The summed E-state index contributed by atoms with van der Waals surface area (Å²) in [5.41, 5.74) is 1.31. The largest absolute Gasteiger partial charge is 0.497 e. The molecule has 0 fully saturated rings. The Bertz CT molecular complexity index is 915. The maximum atomic E-state index is 13.1. The molecule has 1 amide bonds. The minimum Gasteiger partial charge on any atom is -0.497 e. The van der Waals surface area contributed by atoms with Crippen LogP contribution in [-0.4, -0.2) is 46.2 Å². The second kappa shape index (κ2) is 9.07. The van der Waals surface area contributed by atoms with Crippen LogP contribution in [0.25, 0.3) is 0 Å². The van der Waals surface area contributed by atoms with Crippen LogP contribution in [0.4, 0.5) is 0 Å². The average Bonchev–Trinajstić information content (AvgIpc) is 2.67. The molecule has 0 aliphatic heterocycles. The molecule has 152 valence electrons. The van der Waals surface area contributed by atoms with E-state index in [2.05, 4.69) is 5.32 Å². The lowest BCUT2D eigenvalue weighted by atomic mass is 10.0. The normalized spacial score (nSPS) is 13.6. The van der Waals surface area contributed by atoms with Gasteiger partial charge in [-0.05, 0) is 30.7 Å². The number of nitrogens with zero attached hydrogens (tertiary/aromatic N) is 1. The Hall–Kier alpha value is -2.58. The molecule has 0 saturated heterocycles. The first-order chi connectivity index (χ1) is 13.2. The molecule has 0 bridgehead atoms. The number of methoxy groups -OCH3 is 2. The zero-order valence-corrected chi connectivity index (χ0v) is 17.5. The molecule has 0 radical (unpaired) electrons. The number of hydrogen-bond acceptors (Lipinski definition) is 5. The Morgan fingerprint density at radius 1 is 1.07 bits per heavy atom. The maximum Gasteiger partial charge on any atom is 0.243 e. The average molecular weight is 407 g/mol. The van der Waals surface area contributed by atoms with Gasteiger partial charge in [-0.15, -0.1) is 0 Å². The van der Waals surface area contributed by atoms with Crippen LogP contribution in [0.1, 0.15) is 30.1 Å². The van der Waals surface area contributed by atoms with E-state index in [9.17, 15) is 13.2 Å². The molecular weight excluding hydrogens is 380 g/mol. The van der Waals surface area contributed by atoms with Gasteiger partial charge in [0.15, 0.2) is 0 Å². The summed E-state index contributed by atoms with van der Waals surface area (Å²) in [5.74, 6) is 0.794. The fraction of sp³-hybridized carbons (Fsp3) is 0.350. The molecule has 0 spiro atoms. The van der Waals surface area contributed by atoms with Gasteiger partial charge in [0, 0.05) is 12.6 Å². The maximum absolute atomic E-state index is 13.1. The number of carbonyl (C=O) groups excluding carboxylic acids is 1. The van der Waals surface area contributed by atoms with Gasteiger partial charge in [-0.2, -0.15) is 4.31 Å². The number of sulfonamides is 1. The first kappa shape index (κ1) is 21.7. The predicted molar refractivity (Wildman–Crippen MR) is 108 cm³/mol. The lowest BCUT2D eigenvalue weighted by molar-refractivity contribution is -0.125. The van der Waals surface area contributed by atoms with Gasteiger partial charge >= 0.3 is 0 Å². The zero-order valence-electron chi connectivity index (χ0n) is 16.7. The van der Waals surface area contributed by atoms with Gasteiger partial charge in [0.1, 0.15) is 17.5 Å². The molecule has 28 heavy (non-hydrogen) atoms. The highest BCUT2D eigenvalue weighted by molar-refractivity contribution is 7.88. The third-order valence-corrected chi connectivity index (χ3v) is 5.77. The first-order valence-corrected chi connectivity index (χ1v) is 10.5. The van der Waals surface area contributed by atoms with Gasteiger partial charge in [-0.1, -0.05) is 30.3 Å². The Morgan fingerprint density at radius 3 is 2.25 bits per heavy atom. The van der Waals surface area contributed by atoms with Crippen molar-refractivity contribution in [2.45, 2.75) is 19.0 Å². The predicted octanol–water partition coefficient (Wildman–Crippen LogP) is 2.51. The molecule has 2 atom stereocenters. The van der Waals surface area contributed by atoms with Crippen LogP contribution < -0.4 is 14.8 Å². The molecule has 0 aromatic heterocycles. The molecule has 7 nitrogen and oxygen atoms in total. The summed E-state index contributed by atoms with van der Waals surface area (Å²) in [5, 5.41) is 2.89. The lowest BCUT2D eigenvalue weighted by Gasteiger charge is -2.27. The van der Waals surface area contributed by atoms with Gasteiger partial charge in [0.25, 0.3) is 0 Å².